The maximum absolute atomic E-state index is 13.6. The first-order valence-electron chi connectivity index (χ1n) is 9.70. The summed E-state index contributed by atoms with van der Waals surface area (Å²) in [5.41, 5.74) is 2.55. The van der Waals surface area contributed by atoms with Crippen LogP contribution in [-0.2, 0) is 4.79 Å². The lowest BCUT2D eigenvalue weighted by Gasteiger charge is -2.50. The van der Waals surface area contributed by atoms with E-state index in [0.717, 1.165) is 10.5 Å². The van der Waals surface area contributed by atoms with Crippen LogP contribution in [0.15, 0.2) is 66.7 Å². The highest BCUT2D eigenvalue weighted by Crippen LogP contribution is 2.45. The molecule has 154 valence electrons. The molecule has 0 saturated carbocycles. The zero-order valence-electron chi connectivity index (χ0n) is 16.4. The van der Waals surface area contributed by atoms with Gasteiger partial charge < -0.3 is 4.90 Å². The van der Waals surface area contributed by atoms with Crippen LogP contribution in [0.3, 0.4) is 0 Å². The van der Waals surface area contributed by atoms with Gasteiger partial charge in [-0.25, -0.2) is 4.39 Å². The Kier molecular flexibility index (Phi) is 4.41. The third kappa shape index (κ3) is 2.86. The van der Waals surface area contributed by atoms with E-state index in [1.165, 1.54) is 17.0 Å². The predicted octanol–water partition coefficient (Wildman–Crippen LogP) is 4.54. The van der Waals surface area contributed by atoms with Gasteiger partial charge in [0.15, 0.2) is 0 Å². The molecule has 2 aliphatic heterocycles. The maximum atomic E-state index is 13.6. The summed E-state index contributed by atoms with van der Waals surface area (Å²) < 4.78 is 13.6. The number of β-lactam (4-membered cyclic amide) rings is 1. The lowest BCUT2D eigenvalue weighted by atomic mass is 9.85. The third-order valence-electron chi connectivity index (χ3n) is 5.81. The van der Waals surface area contributed by atoms with Crippen LogP contribution >= 0.6 is 11.6 Å². The molecule has 5 nitrogen and oxygen atoms in total. The quantitative estimate of drug-likeness (QED) is 0.449. The molecule has 3 amide bonds. The van der Waals surface area contributed by atoms with Crippen LogP contribution in [-0.4, -0.2) is 28.7 Å². The van der Waals surface area contributed by atoms with E-state index in [9.17, 15) is 18.8 Å². The maximum Gasteiger partial charge on any atom is 0.262 e. The van der Waals surface area contributed by atoms with E-state index in [1.54, 1.807) is 54.6 Å². The molecule has 5 rings (SSSR count). The highest BCUT2D eigenvalue weighted by atomic mass is 35.5. The number of nitrogens with zero attached hydrogens (tertiary/aromatic N) is 2. The lowest BCUT2D eigenvalue weighted by Crippen LogP contribution is -2.67. The van der Waals surface area contributed by atoms with Gasteiger partial charge in [0.25, 0.3) is 17.7 Å². The molecule has 2 atom stereocenters. The van der Waals surface area contributed by atoms with Crippen LogP contribution in [0.5, 0.6) is 0 Å². The Labute approximate surface area is 182 Å². The van der Waals surface area contributed by atoms with Crippen molar-refractivity contribution in [1.82, 2.24) is 4.90 Å². The van der Waals surface area contributed by atoms with Gasteiger partial charge in [-0.1, -0.05) is 41.9 Å². The average molecular weight is 435 g/mol. The van der Waals surface area contributed by atoms with Crippen molar-refractivity contribution < 1.29 is 18.8 Å². The van der Waals surface area contributed by atoms with Gasteiger partial charge in [-0.3, -0.25) is 19.3 Å². The number of fused-ring (bicyclic) bond motifs is 1. The van der Waals surface area contributed by atoms with Gasteiger partial charge in [-0.05, 0) is 54.4 Å². The number of benzene rings is 3. The third-order valence-corrected chi connectivity index (χ3v) is 6.05. The number of rotatable bonds is 3. The van der Waals surface area contributed by atoms with Crippen LogP contribution in [0.25, 0.3) is 0 Å². The molecule has 1 fully saturated rings. The first-order valence-corrected chi connectivity index (χ1v) is 10.1. The Hall–Kier alpha value is -3.51. The number of aryl methyl sites for hydroxylation is 1. The first-order chi connectivity index (χ1) is 14.9. The molecule has 0 aromatic heterocycles. The summed E-state index contributed by atoms with van der Waals surface area (Å²) in [6.07, 6.45) is 0. The predicted molar refractivity (Wildman–Crippen MR) is 114 cm³/mol. The SMILES string of the molecule is Cc1ccc(Cl)cc1N1C(=O)[C@H](N2C(=O)c3ccccc3C2=O)[C@@H]1c1ccc(F)cc1. The molecule has 0 spiro atoms. The molecule has 0 N–H and O–H groups in total. The zero-order chi connectivity index (χ0) is 21.9. The highest BCUT2D eigenvalue weighted by molar-refractivity contribution is 6.31. The van der Waals surface area contributed by atoms with Crippen molar-refractivity contribution in [1.29, 1.82) is 0 Å². The molecule has 3 aromatic carbocycles. The summed E-state index contributed by atoms with van der Waals surface area (Å²) in [6, 6.07) is 15.7. The summed E-state index contributed by atoms with van der Waals surface area (Å²) in [6.45, 7) is 1.84. The molecule has 0 aliphatic carbocycles. The minimum absolute atomic E-state index is 0.274. The molecule has 0 bridgehead atoms. The molecule has 3 aromatic rings. The second-order valence-electron chi connectivity index (χ2n) is 7.61. The normalized spacial score (nSPS) is 20.2. The number of anilines is 1. The van der Waals surface area contributed by atoms with E-state index in [1.807, 2.05) is 6.92 Å². The Morgan fingerprint density at radius 3 is 2.03 bits per heavy atom. The second-order valence-corrected chi connectivity index (χ2v) is 8.04. The Morgan fingerprint density at radius 2 is 1.42 bits per heavy atom. The molecule has 7 heteroatoms. The minimum atomic E-state index is -1.03. The van der Waals surface area contributed by atoms with Crippen LogP contribution in [0.2, 0.25) is 5.02 Å². The van der Waals surface area contributed by atoms with Gasteiger partial charge in [0.2, 0.25) is 0 Å². The molecule has 31 heavy (non-hydrogen) atoms. The standard InChI is InChI=1S/C24H16ClFN2O3/c1-13-6-9-15(25)12-19(13)27-20(14-7-10-16(26)11-8-14)21(24(27)31)28-22(29)17-4-2-3-5-18(17)23(28)30/h2-12,20-21H,1H3/t20-,21+/m0/s1. The van der Waals surface area contributed by atoms with Crippen molar-refractivity contribution in [2.75, 3.05) is 4.90 Å². The molecule has 2 aliphatic rings. The van der Waals surface area contributed by atoms with E-state index in [-0.39, 0.29) is 11.1 Å². The molecular formula is C24H16ClFN2O3. The topological polar surface area (TPSA) is 57.7 Å². The number of hydrogen-bond acceptors (Lipinski definition) is 3. The van der Waals surface area contributed by atoms with Crippen molar-refractivity contribution in [3.05, 3.63) is 99.8 Å². The fraction of sp³-hybridized carbons (Fsp3) is 0.125. The minimum Gasteiger partial charge on any atom is -0.300 e. The van der Waals surface area contributed by atoms with Crippen molar-refractivity contribution >= 4 is 35.0 Å². The van der Waals surface area contributed by atoms with Crippen molar-refractivity contribution in [2.24, 2.45) is 0 Å². The van der Waals surface area contributed by atoms with Gasteiger partial charge in [-0.2, -0.15) is 0 Å². The van der Waals surface area contributed by atoms with Gasteiger partial charge in [0.05, 0.1) is 17.2 Å². The Balaban J connectivity index is 1.62. The lowest BCUT2D eigenvalue weighted by molar-refractivity contribution is -0.130. The number of amides is 3. The highest BCUT2D eigenvalue weighted by Gasteiger charge is 2.57. The van der Waals surface area contributed by atoms with Crippen molar-refractivity contribution in [2.45, 2.75) is 19.0 Å². The van der Waals surface area contributed by atoms with Gasteiger partial charge in [0.1, 0.15) is 11.9 Å². The van der Waals surface area contributed by atoms with E-state index in [0.29, 0.717) is 16.3 Å². The van der Waals surface area contributed by atoms with Crippen molar-refractivity contribution in [3.8, 4) is 0 Å². The van der Waals surface area contributed by atoms with Gasteiger partial charge in [-0.15, -0.1) is 0 Å². The van der Waals surface area contributed by atoms with E-state index in [4.69, 9.17) is 11.6 Å². The fourth-order valence-electron chi connectivity index (χ4n) is 4.29. The molecule has 2 heterocycles. The van der Waals surface area contributed by atoms with Crippen LogP contribution in [0.1, 0.15) is 37.9 Å². The monoisotopic (exact) mass is 434 g/mol. The van der Waals surface area contributed by atoms with Crippen LogP contribution in [0.4, 0.5) is 10.1 Å². The van der Waals surface area contributed by atoms with Crippen LogP contribution in [0, 0.1) is 12.7 Å². The number of carbonyl (C=O) groups excluding carboxylic acids is 3. The number of halogens is 2. The van der Waals surface area contributed by atoms with Crippen molar-refractivity contribution in [3.63, 3.8) is 0 Å². The first kappa shape index (κ1) is 19.5. The average Bonchev–Trinajstić information content (AvgIpc) is 3.01. The Morgan fingerprint density at radius 1 is 0.806 bits per heavy atom. The molecule has 1 saturated heterocycles. The Bertz CT molecular complexity index is 1220. The second kappa shape index (κ2) is 7.03. The zero-order valence-corrected chi connectivity index (χ0v) is 17.1. The van der Waals surface area contributed by atoms with Gasteiger partial charge >= 0.3 is 0 Å². The molecule has 0 unspecified atom stereocenters. The van der Waals surface area contributed by atoms with Gasteiger partial charge in [0, 0.05) is 10.7 Å². The number of hydrogen-bond donors (Lipinski definition) is 0. The summed E-state index contributed by atoms with van der Waals surface area (Å²) in [5.74, 6) is -1.83. The molecular weight excluding hydrogens is 419 g/mol. The van der Waals surface area contributed by atoms with Crippen LogP contribution < -0.4 is 4.90 Å². The summed E-state index contributed by atoms with van der Waals surface area (Å²) >= 11 is 6.17. The number of carbonyl (C=O) groups is 3. The largest absolute Gasteiger partial charge is 0.300 e. The van der Waals surface area contributed by atoms with E-state index in [2.05, 4.69) is 0 Å². The molecule has 0 radical (unpaired) electrons. The van der Waals surface area contributed by atoms with E-state index < -0.39 is 35.6 Å². The van der Waals surface area contributed by atoms with E-state index >= 15 is 0 Å². The smallest absolute Gasteiger partial charge is 0.262 e. The summed E-state index contributed by atoms with van der Waals surface area (Å²) in [5, 5.41) is 0.454. The fourth-order valence-corrected chi connectivity index (χ4v) is 4.45. The summed E-state index contributed by atoms with van der Waals surface area (Å²) in [4.78, 5) is 42.0. The number of imide groups is 1. The summed E-state index contributed by atoms with van der Waals surface area (Å²) in [7, 11) is 0.